The Hall–Kier alpha value is -7.37. The van der Waals surface area contributed by atoms with Crippen molar-refractivity contribution in [3.05, 3.63) is 166 Å². The average Bonchev–Trinajstić information content (AvgIpc) is 3.44. The molecule has 0 aliphatic carbocycles. The Morgan fingerprint density at radius 2 is 0.907 bits per heavy atom. The normalized spacial score (nSPS) is 12.0. The highest BCUT2D eigenvalue weighted by Crippen LogP contribution is 2.40. The van der Waals surface area contributed by atoms with Crippen molar-refractivity contribution < 1.29 is 66.5 Å². The van der Waals surface area contributed by atoms with Crippen molar-refractivity contribution >= 4 is 58.3 Å². The van der Waals surface area contributed by atoms with E-state index in [2.05, 4.69) is 17.0 Å². The summed E-state index contributed by atoms with van der Waals surface area (Å²) in [7, 11) is 12.4. The van der Waals surface area contributed by atoms with E-state index in [9.17, 15) is 19.2 Å². The van der Waals surface area contributed by atoms with Gasteiger partial charge in [0.1, 0.15) is 30.3 Å². The number of nitrogens with zero attached hydrogens (tertiary/aromatic N) is 1. The van der Waals surface area contributed by atoms with Crippen LogP contribution in [0.4, 0.5) is 9.59 Å². The highest BCUT2D eigenvalue weighted by atomic mass is 35.5. The van der Waals surface area contributed by atoms with Gasteiger partial charge >= 0.3 is 23.5 Å². The fraction of sp³-hybridized carbons (Fsp3) is 0.286. The average molecular weight is 1090 g/mol. The van der Waals surface area contributed by atoms with Crippen molar-refractivity contribution in [2.45, 2.75) is 37.8 Å². The summed E-state index contributed by atoms with van der Waals surface area (Å²) in [5, 5.41) is 4.41. The molecule has 0 radical (unpaired) electrons. The first-order valence-electron chi connectivity index (χ1n) is 23.1. The lowest BCUT2D eigenvalue weighted by Gasteiger charge is -2.40. The second-order valence-electron chi connectivity index (χ2n) is 16.0. The standard InChI is InChI=1S/C28H30ClNO7.C21H27NO5.C7H4Cl2O2/c1-6-28(20-10-8-7-9-11-20,30(2)27(32)37-22-14-12-21(29)13-15-22)18-36-26(31)19-16-23(33-3)25(35-5)24(17-19)34-4;1-6-21(22-2,16-10-8-7-9-11-16)14-27-20(23)15-12-17(24-3)19(26-5)18(13-15)25-4;8-5-1-3-6(4-2-5)11-7(9)10/h7-17H,6,18H2,1-5H3;7-13,22H,6,14H2,1-5H3;1-4H/t28-;21-;/m11./s1. The van der Waals surface area contributed by atoms with E-state index in [-0.39, 0.29) is 18.8 Å². The maximum Gasteiger partial charge on any atom is 0.415 e. The molecule has 0 saturated heterocycles. The minimum absolute atomic E-state index is 0.130. The van der Waals surface area contributed by atoms with Crippen LogP contribution in [0.15, 0.2) is 133 Å². The fourth-order valence-electron chi connectivity index (χ4n) is 7.59. The van der Waals surface area contributed by atoms with E-state index in [0.717, 1.165) is 17.5 Å². The largest absolute Gasteiger partial charge is 0.493 e. The summed E-state index contributed by atoms with van der Waals surface area (Å²) < 4.78 is 53.5. The van der Waals surface area contributed by atoms with Crippen LogP contribution in [0.25, 0.3) is 0 Å². The van der Waals surface area contributed by atoms with Crippen molar-refractivity contribution in [1.82, 2.24) is 10.2 Å². The van der Waals surface area contributed by atoms with Crippen LogP contribution in [0.1, 0.15) is 58.5 Å². The second kappa shape index (κ2) is 29.5. The second-order valence-corrected chi connectivity index (χ2v) is 17.1. The quantitative estimate of drug-likeness (QED) is 0.0564. The topological polar surface area (TPSA) is 176 Å². The number of carbonyl (C=O) groups is 4. The van der Waals surface area contributed by atoms with Crippen molar-refractivity contribution in [2.75, 3.05) is 70.0 Å². The van der Waals surface area contributed by atoms with Gasteiger partial charge in [-0.2, -0.15) is 0 Å². The zero-order valence-corrected chi connectivity index (χ0v) is 45.6. The molecular weight excluding hydrogens is 1030 g/mol. The predicted molar refractivity (Wildman–Crippen MR) is 287 cm³/mol. The van der Waals surface area contributed by atoms with Gasteiger partial charge < -0.3 is 52.7 Å². The van der Waals surface area contributed by atoms with Crippen LogP contribution in [0.2, 0.25) is 10.0 Å². The van der Waals surface area contributed by atoms with E-state index in [1.54, 1.807) is 67.7 Å². The molecule has 0 heterocycles. The summed E-state index contributed by atoms with van der Waals surface area (Å²) in [4.78, 5) is 50.7. The van der Waals surface area contributed by atoms with E-state index in [4.69, 9.17) is 77.4 Å². The zero-order chi connectivity index (χ0) is 55.1. The number of methoxy groups -OCH3 is 6. The Labute approximate surface area is 452 Å². The van der Waals surface area contributed by atoms with Crippen LogP contribution in [0.3, 0.4) is 0 Å². The Balaban J connectivity index is 0.000000278. The molecule has 6 aromatic carbocycles. The lowest BCUT2D eigenvalue weighted by atomic mass is 9.86. The number of nitrogens with one attached hydrogen (secondary N) is 1. The van der Waals surface area contributed by atoms with Gasteiger partial charge in [-0.05, 0) is 104 Å². The Morgan fingerprint density at radius 1 is 0.520 bits per heavy atom. The molecule has 0 aliphatic heterocycles. The summed E-state index contributed by atoms with van der Waals surface area (Å²) in [5.41, 5.74) is 0.0573. The first-order valence-corrected chi connectivity index (χ1v) is 24.2. The van der Waals surface area contributed by atoms with Crippen LogP contribution in [0.5, 0.6) is 46.0 Å². The van der Waals surface area contributed by atoms with E-state index in [1.165, 1.54) is 59.7 Å². The molecule has 16 nitrogen and oxygen atoms in total. The van der Waals surface area contributed by atoms with Gasteiger partial charge in [-0.3, -0.25) is 4.90 Å². The van der Waals surface area contributed by atoms with Gasteiger partial charge in [0.2, 0.25) is 11.5 Å². The number of rotatable bonds is 20. The van der Waals surface area contributed by atoms with E-state index in [0.29, 0.717) is 68.0 Å². The van der Waals surface area contributed by atoms with E-state index in [1.807, 2.05) is 74.6 Å². The third-order valence-electron chi connectivity index (χ3n) is 11.9. The van der Waals surface area contributed by atoms with Gasteiger partial charge in [-0.15, -0.1) is 0 Å². The maximum absolute atomic E-state index is 13.2. The number of amides is 1. The Kier molecular flexibility index (Phi) is 23.7. The molecule has 0 spiro atoms. The number of benzene rings is 6. The van der Waals surface area contributed by atoms with Gasteiger partial charge in [0.25, 0.3) is 0 Å². The molecule has 0 unspecified atom stereocenters. The minimum atomic E-state index is -1.01. The van der Waals surface area contributed by atoms with Crippen LogP contribution in [-0.4, -0.2) is 98.3 Å². The SMILES string of the molecule is CC[C@@](COC(=O)c1cc(OC)c(OC)c(OC)c1)(c1ccccc1)N(C)C(=O)Oc1ccc(Cl)cc1.CC[C@](COC(=O)c1cc(OC)c(OC)c(OC)c1)(NC)c1ccccc1.O=C(Cl)Oc1ccc(Cl)cc1. The van der Waals surface area contributed by atoms with E-state index >= 15 is 0 Å². The molecule has 0 aromatic heterocycles. The molecule has 0 fully saturated rings. The third kappa shape index (κ3) is 16.1. The molecule has 400 valence electrons. The van der Waals surface area contributed by atoms with Crippen molar-refractivity contribution in [3.8, 4) is 46.0 Å². The monoisotopic (exact) mass is 1090 g/mol. The third-order valence-corrected chi connectivity index (χ3v) is 12.5. The molecule has 6 rings (SSSR count). The first-order chi connectivity index (χ1) is 36.0. The Bertz CT molecular complexity index is 2730. The minimum Gasteiger partial charge on any atom is -0.493 e. The van der Waals surface area contributed by atoms with Gasteiger partial charge in [-0.25, -0.2) is 19.2 Å². The van der Waals surface area contributed by atoms with Crippen LogP contribution in [0, 0.1) is 0 Å². The highest BCUT2D eigenvalue weighted by Gasteiger charge is 2.41. The molecule has 0 aliphatic rings. The van der Waals surface area contributed by atoms with Crippen LogP contribution >= 0.6 is 34.8 Å². The number of carbonyl (C=O) groups excluding carboxylic acids is 4. The highest BCUT2D eigenvalue weighted by molar-refractivity contribution is 6.61. The van der Waals surface area contributed by atoms with E-state index < -0.39 is 34.5 Å². The van der Waals surface area contributed by atoms with Gasteiger partial charge in [0.15, 0.2) is 23.0 Å². The van der Waals surface area contributed by atoms with Crippen molar-refractivity contribution in [2.24, 2.45) is 0 Å². The van der Waals surface area contributed by atoms with Crippen molar-refractivity contribution in [1.29, 1.82) is 0 Å². The van der Waals surface area contributed by atoms with Gasteiger partial charge in [-0.1, -0.05) is 97.7 Å². The molecule has 75 heavy (non-hydrogen) atoms. The molecule has 0 bridgehead atoms. The summed E-state index contributed by atoms with van der Waals surface area (Å²) in [6, 6.07) is 38.3. The first kappa shape index (κ1) is 60.2. The summed E-state index contributed by atoms with van der Waals surface area (Å²) in [6.07, 6.45) is 0.582. The van der Waals surface area contributed by atoms with Crippen molar-refractivity contribution in [3.63, 3.8) is 0 Å². The number of likely N-dealkylation sites (N-methyl/N-ethyl adjacent to an activating group) is 2. The molecule has 1 N–H and O–H groups in total. The molecule has 2 atom stereocenters. The summed E-state index contributed by atoms with van der Waals surface area (Å²) >= 11 is 16.5. The van der Waals surface area contributed by atoms with Crippen LogP contribution < -0.4 is 43.2 Å². The molecule has 0 saturated carbocycles. The van der Waals surface area contributed by atoms with Gasteiger partial charge in [0, 0.05) is 28.7 Å². The lowest BCUT2D eigenvalue weighted by molar-refractivity contribution is 0.00885. The number of hydrogen-bond donors (Lipinski definition) is 1. The van der Waals surface area contributed by atoms with Gasteiger partial charge in [0.05, 0.1) is 59.3 Å². The molecular formula is C56H61Cl3N2O14. The maximum atomic E-state index is 13.2. The number of hydrogen-bond acceptors (Lipinski definition) is 15. The number of halogens is 3. The summed E-state index contributed by atoms with van der Waals surface area (Å²) in [5.74, 6) is 1.89. The Morgan fingerprint density at radius 3 is 1.25 bits per heavy atom. The molecule has 19 heteroatoms. The number of ether oxygens (including phenoxy) is 10. The van der Waals surface area contributed by atoms with Crippen LogP contribution in [-0.2, 0) is 20.6 Å². The molecule has 1 amide bonds. The zero-order valence-electron chi connectivity index (χ0n) is 43.3. The smallest absolute Gasteiger partial charge is 0.415 e. The lowest BCUT2D eigenvalue weighted by Crippen LogP contribution is -2.51. The predicted octanol–water partition coefficient (Wildman–Crippen LogP) is 12.4. The number of esters is 2. The fourth-order valence-corrected chi connectivity index (χ4v) is 7.93. The molecule has 6 aromatic rings. The summed E-state index contributed by atoms with van der Waals surface area (Å²) in [6.45, 7) is 4.03.